The topological polar surface area (TPSA) is 30.9 Å². The molecule has 0 spiro atoms. The summed E-state index contributed by atoms with van der Waals surface area (Å²) in [7, 11) is 0. The van der Waals surface area contributed by atoms with Gasteiger partial charge in [-0.05, 0) is 24.5 Å². The SMILES string of the molecule is NCc1cc2cccc3c2n1CCC3. The lowest BCUT2D eigenvalue weighted by molar-refractivity contribution is 0.612. The van der Waals surface area contributed by atoms with Gasteiger partial charge in [0.1, 0.15) is 0 Å². The molecule has 3 rings (SSSR count). The van der Waals surface area contributed by atoms with Crippen LogP contribution in [0.25, 0.3) is 10.9 Å². The van der Waals surface area contributed by atoms with Crippen molar-refractivity contribution in [1.29, 1.82) is 0 Å². The Balaban J connectivity index is 2.42. The zero-order valence-electron chi connectivity index (χ0n) is 8.16. The van der Waals surface area contributed by atoms with Crippen LogP contribution in [0.3, 0.4) is 0 Å². The van der Waals surface area contributed by atoms with Gasteiger partial charge in [-0.25, -0.2) is 0 Å². The van der Waals surface area contributed by atoms with Crippen LogP contribution in [0.1, 0.15) is 17.7 Å². The van der Waals surface area contributed by atoms with Gasteiger partial charge in [0.05, 0.1) is 5.52 Å². The van der Waals surface area contributed by atoms with Crippen LogP contribution in [0.4, 0.5) is 0 Å². The third-order valence-corrected chi connectivity index (χ3v) is 3.13. The Bertz CT molecular complexity index is 482. The van der Waals surface area contributed by atoms with E-state index in [1.807, 2.05) is 0 Å². The zero-order chi connectivity index (χ0) is 9.54. The average Bonchev–Trinajstić information content (AvgIpc) is 2.60. The van der Waals surface area contributed by atoms with Crippen molar-refractivity contribution < 1.29 is 0 Å². The van der Waals surface area contributed by atoms with Crippen LogP contribution in [-0.2, 0) is 19.5 Å². The molecule has 0 unspecified atom stereocenters. The summed E-state index contributed by atoms with van der Waals surface area (Å²) >= 11 is 0. The molecule has 0 saturated heterocycles. The minimum Gasteiger partial charge on any atom is -0.343 e. The Hall–Kier alpha value is -1.28. The molecule has 2 heteroatoms. The summed E-state index contributed by atoms with van der Waals surface area (Å²) in [5.41, 5.74) is 9.91. The highest BCUT2D eigenvalue weighted by Gasteiger charge is 2.14. The predicted molar refractivity (Wildman–Crippen MR) is 58.2 cm³/mol. The van der Waals surface area contributed by atoms with E-state index in [0.717, 1.165) is 6.54 Å². The number of aryl methyl sites for hydroxylation is 2. The Morgan fingerprint density at radius 2 is 2.29 bits per heavy atom. The molecular formula is C12H14N2. The van der Waals surface area contributed by atoms with E-state index in [1.165, 1.54) is 35.0 Å². The fourth-order valence-electron chi connectivity index (χ4n) is 2.51. The van der Waals surface area contributed by atoms with Crippen LogP contribution in [0.2, 0.25) is 0 Å². The van der Waals surface area contributed by atoms with Crippen molar-refractivity contribution in [3.05, 3.63) is 35.5 Å². The molecule has 0 amide bonds. The fourth-order valence-corrected chi connectivity index (χ4v) is 2.51. The molecule has 14 heavy (non-hydrogen) atoms. The van der Waals surface area contributed by atoms with E-state index in [4.69, 9.17) is 5.73 Å². The minimum absolute atomic E-state index is 0.647. The maximum atomic E-state index is 5.74. The van der Waals surface area contributed by atoms with Crippen molar-refractivity contribution in [1.82, 2.24) is 4.57 Å². The first-order valence-corrected chi connectivity index (χ1v) is 5.20. The molecule has 1 aromatic heterocycles. The molecule has 1 aliphatic heterocycles. The molecule has 0 bridgehead atoms. The van der Waals surface area contributed by atoms with Gasteiger partial charge >= 0.3 is 0 Å². The Morgan fingerprint density at radius 1 is 1.36 bits per heavy atom. The molecule has 72 valence electrons. The standard InChI is InChI=1S/C12H14N2/c13-8-11-7-10-4-1-3-9-5-2-6-14(11)12(9)10/h1,3-4,7H,2,5-6,8,13H2. The normalized spacial score (nSPS) is 14.9. The molecular weight excluding hydrogens is 172 g/mol. The second-order valence-electron chi connectivity index (χ2n) is 3.95. The number of aromatic nitrogens is 1. The highest BCUT2D eigenvalue weighted by molar-refractivity contribution is 5.85. The smallest absolute Gasteiger partial charge is 0.0515 e. The van der Waals surface area contributed by atoms with Crippen LogP contribution in [0.15, 0.2) is 24.3 Å². The van der Waals surface area contributed by atoms with Crippen LogP contribution in [-0.4, -0.2) is 4.57 Å². The van der Waals surface area contributed by atoms with Crippen LogP contribution >= 0.6 is 0 Å². The van der Waals surface area contributed by atoms with Crippen LogP contribution in [0, 0.1) is 0 Å². The van der Waals surface area contributed by atoms with Crippen molar-refractivity contribution in [2.24, 2.45) is 5.73 Å². The summed E-state index contributed by atoms with van der Waals surface area (Å²) in [6.45, 7) is 1.78. The quantitative estimate of drug-likeness (QED) is 0.726. The molecule has 2 heterocycles. The lowest BCUT2D eigenvalue weighted by Crippen LogP contribution is -2.12. The first-order chi connectivity index (χ1) is 6.90. The number of benzene rings is 1. The number of hydrogen-bond acceptors (Lipinski definition) is 1. The molecule has 0 atom stereocenters. The van der Waals surface area contributed by atoms with Crippen LogP contribution < -0.4 is 5.73 Å². The number of para-hydroxylation sites is 1. The zero-order valence-corrected chi connectivity index (χ0v) is 8.16. The lowest BCUT2D eigenvalue weighted by Gasteiger charge is -2.17. The van der Waals surface area contributed by atoms with Gasteiger partial charge in [-0.3, -0.25) is 0 Å². The molecule has 1 aliphatic rings. The molecule has 1 aromatic carbocycles. The van der Waals surface area contributed by atoms with E-state index in [2.05, 4.69) is 28.8 Å². The first-order valence-electron chi connectivity index (χ1n) is 5.20. The molecule has 0 fully saturated rings. The van der Waals surface area contributed by atoms with E-state index >= 15 is 0 Å². The summed E-state index contributed by atoms with van der Waals surface area (Å²) in [4.78, 5) is 0. The number of nitrogens with zero attached hydrogens (tertiary/aromatic N) is 1. The van der Waals surface area contributed by atoms with Gasteiger partial charge in [-0.2, -0.15) is 0 Å². The Labute approximate surface area is 83.3 Å². The van der Waals surface area contributed by atoms with Crippen LogP contribution in [0.5, 0.6) is 0 Å². The highest BCUT2D eigenvalue weighted by Crippen LogP contribution is 2.28. The summed E-state index contributed by atoms with van der Waals surface area (Å²) in [6, 6.07) is 8.79. The molecule has 0 aliphatic carbocycles. The lowest BCUT2D eigenvalue weighted by atomic mass is 10.0. The summed E-state index contributed by atoms with van der Waals surface area (Å²) < 4.78 is 2.38. The summed E-state index contributed by atoms with van der Waals surface area (Å²) in [6.07, 6.45) is 2.46. The van der Waals surface area contributed by atoms with Crippen molar-refractivity contribution in [2.75, 3.05) is 0 Å². The van der Waals surface area contributed by atoms with Crippen molar-refractivity contribution in [2.45, 2.75) is 25.9 Å². The molecule has 2 N–H and O–H groups in total. The summed E-state index contributed by atoms with van der Waals surface area (Å²) in [5, 5.41) is 1.35. The molecule has 0 radical (unpaired) electrons. The van der Waals surface area contributed by atoms with E-state index in [9.17, 15) is 0 Å². The summed E-state index contributed by atoms with van der Waals surface area (Å²) in [5.74, 6) is 0. The molecule has 2 aromatic rings. The molecule has 2 nitrogen and oxygen atoms in total. The maximum Gasteiger partial charge on any atom is 0.0515 e. The van der Waals surface area contributed by atoms with E-state index in [1.54, 1.807) is 0 Å². The van der Waals surface area contributed by atoms with Gasteiger partial charge in [-0.1, -0.05) is 18.2 Å². The Morgan fingerprint density at radius 3 is 3.14 bits per heavy atom. The first kappa shape index (κ1) is 8.06. The third kappa shape index (κ3) is 0.946. The van der Waals surface area contributed by atoms with E-state index in [-0.39, 0.29) is 0 Å². The Kier molecular flexibility index (Phi) is 1.64. The van der Waals surface area contributed by atoms with Gasteiger partial charge in [0.15, 0.2) is 0 Å². The van der Waals surface area contributed by atoms with Gasteiger partial charge in [0, 0.05) is 24.2 Å². The second kappa shape index (κ2) is 2.85. The maximum absolute atomic E-state index is 5.74. The highest BCUT2D eigenvalue weighted by atomic mass is 15.0. The van der Waals surface area contributed by atoms with Crippen molar-refractivity contribution in [3.8, 4) is 0 Å². The fraction of sp³-hybridized carbons (Fsp3) is 0.333. The van der Waals surface area contributed by atoms with Gasteiger partial charge in [0.25, 0.3) is 0 Å². The van der Waals surface area contributed by atoms with E-state index in [0.29, 0.717) is 6.54 Å². The van der Waals surface area contributed by atoms with Crippen molar-refractivity contribution in [3.63, 3.8) is 0 Å². The number of nitrogens with two attached hydrogens (primary N) is 1. The second-order valence-corrected chi connectivity index (χ2v) is 3.95. The minimum atomic E-state index is 0.647. The van der Waals surface area contributed by atoms with Crippen molar-refractivity contribution >= 4 is 10.9 Å². The van der Waals surface area contributed by atoms with E-state index < -0.39 is 0 Å². The number of hydrogen-bond donors (Lipinski definition) is 1. The monoisotopic (exact) mass is 186 g/mol. The van der Waals surface area contributed by atoms with Gasteiger partial charge < -0.3 is 10.3 Å². The molecule has 0 saturated carbocycles. The number of rotatable bonds is 1. The van der Waals surface area contributed by atoms with Gasteiger partial charge in [-0.15, -0.1) is 0 Å². The average molecular weight is 186 g/mol. The predicted octanol–water partition coefficient (Wildman–Crippen LogP) is 2.05. The largest absolute Gasteiger partial charge is 0.343 e. The third-order valence-electron chi connectivity index (χ3n) is 3.13. The van der Waals surface area contributed by atoms with Gasteiger partial charge in [0.2, 0.25) is 0 Å².